The minimum absolute atomic E-state index is 0.00290. The zero-order chi connectivity index (χ0) is 14.1. The van der Waals surface area contributed by atoms with Gasteiger partial charge in [-0.05, 0) is 25.5 Å². The maximum atomic E-state index is 12.1. The van der Waals surface area contributed by atoms with Gasteiger partial charge in [0.15, 0.2) is 0 Å². The van der Waals surface area contributed by atoms with Gasteiger partial charge in [0.1, 0.15) is 0 Å². The Hall–Kier alpha value is -1.43. The normalized spacial score (nSPS) is 12.9. The van der Waals surface area contributed by atoms with Crippen LogP contribution in [0.4, 0.5) is 0 Å². The van der Waals surface area contributed by atoms with Crippen LogP contribution in [0.15, 0.2) is 30.3 Å². The summed E-state index contributed by atoms with van der Waals surface area (Å²) in [5.74, 6) is 0.00290. The molecule has 5 heteroatoms. The summed E-state index contributed by atoms with van der Waals surface area (Å²) >= 11 is 3.31. The molecule has 20 heavy (non-hydrogen) atoms. The number of amides is 1. The van der Waals surface area contributed by atoms with Gasteiger partial charge < -0.3 is 11.1 Å². The molecule has 0 radical (unpaired) electrons. The van der Waals surface area contributed by atoms with Crippen LogP contribution >= 0.6 is 22.7 Å². The molecule has 3 rings (SSSR count). The van der Waals surface area contributed by atoms with Crippen molar-refractivity contribution >= 4 is 48.1 Å². The van der Waals surface area contributed by atoms with Crippen LogP contribution in [0.2, 0.25) is 0 Å². The fraction of sp³-hybridized carbons (Fsp3) is 0.267. The SMILES string of the molecule is CC(N)CCNC(=O)c1cc2sc3ccccc3c2s1. The molecule has 1 amide bonds. The van der Waals surface area contributed by atoms with E-state index in [4.69, 9.17) is 5.73 Å². The van der Waals surface area contributed by atoms with Crippen molar-refractivity contribution < 1.29 is 4.79 Å². The zero-order valence-corrected chi connectivity index (χ0v) is 12.8. The molecule has 3 nitrogen and oxygen atoms in total. The first-order valence-electron chi connectivity index (χ1n) is 6.60. The molecule has 1 unspecified atom stereocenters. The molecule has 0 aliphatic heterocycles. The van der Waals surface area contributed by atoms with Crippen molar-refractivity contribution in [2.45, 2.75) is 19.4 Å². The van der Waals surface area contributed by atoms with Crippen molar-refractivity contribution in [2.75, 3.05) is 6.54 Å². The molecule has 104 valence electrons. The third-order valence-electron chi connectivity index (χ3n) is 3.16. The summed E-state index contributed by atoms with van der Waals surface area (Å²) in [6.07, 6.45) is 0.800. The molecule has 1 aromatic carbocycles. The molecule has 0 bridgehead atoms. The first kappa shape index (κ1) is 13.5. The molecule has 0 aliphatic carbocycles. The lowest BCUT2D eigenvalue weighted by Gasteiger charge is -2.05. The van der Waals surface area contributed by atoms with Gasteiger partial charge >= 0.3 is 0 Å². The van der Waals surface area contributed by atoms with Gasteiger partial charge in [-0.2, -0.15) is 0 Å². The number of hydrogen-bond acceptors (Lipinski definition) is 4. The number of nitrogens with one attached hydrogen (secondary N) is 1. The quantitative estimate of drug-likeness (QED) is 0.774. The third-order valence-corrected chi connectivity index (χ3v) is 5.57. The highest BCUT2D eigenvalue weighted by molar-refractivity contribution is 7.33. The average Bonchev–Trinajstić information content (AvgIpc) is 2.95. The van der Waals surface area contributed by atoms with Crippen LogP contribution in [0.3, 0.4) is 0 Å². The van der Waals surface area contributed by atoms with Crippen LogP contribution in [0, 0.1) is 0 Å². The summed E-state index contributed by atoms with van der Waals surface area (Å²) in [5.41, 5.74) is 5.68. The number of fused-ring (bicyclic) bond motifs is 3. The van der Waals surface area contributed by atoms with Crippen LogP contribution in [0.5, 0.6) is 0 Å². The van der Waals surface area contributed by atoms with Crippen molar-refractivity contribution in [3.63, 3.8) is 0 Å². The van der Waals surface area contributed by atoms with E-state index in [9.17, 15) is 4.79 Å². The van der Waals surface area contributed by atoms with Crippen LogP contribution in [-0.2, 0) is 0 Å². The molecule has 0 saturated carbocycles. The van der Waals surface area contributed by atoms with Gasteiger partial charge in [0.2, 0.25) is 0 Å². The molecule has 3 aromatic rings. The molecule has 2 aromatic heterocycles. The number of carbonyl (C=O) groups excluding carboxylic acids is 1. The Morgan fingerprint density at radius 2 is 2.10 bits per heavy atom. The monoisotopic (exact) mass is 304 g/mol. The van der Waals surface area contributed by atoms with Gasteiger partial charge in [-0.15, -0.1) is 22.7 Å². The third kappa shape index (κ3) is 2.57. The van der Waals surface area contributed by atoms with Crippen LogP contribution in [0.25, 0.3) is 19.5 Å². The molecular formula is C15H16N2OS2. The number of benzene rings is 1. The first-order chi connectivity index (χ1) is 9.65. The van der Waals surface area contributed by atoms with E-state index in [1.54, 1.807) is 22.7 Å². The van der Waals surface area contributed by atoms with Gasteiger partial charge in [0.25, 0.3) is 5.91 Å². The fourth-order valence-corrected chi connectivity index (χ4v) is 4.55. The number of hydrogen-bond donors (Lipinski definition) is 2. The van der Waals surface area contributed by atoms with Crippen molar-refractivity contribution in [3.8, 4) is 0 Å². The highest BCUT2D eigenvalue weighted by Gasteiger charge is 2.13. The summed E-state index contributed by atoms with van der Waals surface area (Å²) < 4.78 is 3.68. The summed E-state index contributed by atoms with van der Waals surface area (Å²) in [6, 6.07) is 10.4. The smallest absolute Gasteiger partial charge is 0.261 e. The maximum Gasteiger partial charge on any atom is 0.261 e. The Balaban J connectivity index is 1.84. The first-order valence-corrected chi connectivity index (χ1v) is 8.23. The van der Waals surface area contributed by atoms with E-state index in [0.717, 1.165) is 11.3 Å². The predicted molar refractivity (Wildman–Crippen MR) is 87.8 cm³/mol. The van der Waals surface area contributed by atoms with E-state index < -0.39 is 0 Å². The predicted octanol–water partition coefficient (Wildman–Crippen LogP) is 3.58. The molecule has 2 heterocycles. The van der Waals surface area contributed by atoms with E-state index in [-0.39, 0.29) is 11.9 Å². The fourth-order valence-electron chi connectivity index (χ4n) is 2.11. The second-order valence-electron chi connectivity index (χ2n) is 4.92. The van der Waals surface area contributed by atoms with Gasteiger partial charge in [-0.1, -0.05) is 18.2 Å². The molecule has 1 atom stereocenters. The summed E-state index contributed by atoms with van der Waals surface area (Å²) in [7, 11) is 0. The lowest BCUT2D eigenvalue weighted by Crippen LogP contribution is -2.28. The van der Waals surface area contributed by atoms with E-state index in [1.807, 2.05) is 25.1 Å². The second-order valence-corrected chi connectivity index (χ2v) is 7.06. The minimum atomic E-state index is 0.00290. The highest BCUT2D eigenvalue weighted by Crippen LogP contribution is 2.39. The van der Waals surface area contributed by atoms with Gasteiger partial charge in [0, 0.05) is 27.4 Å². The molecule has 0 fully saturated rings. The summed E-state index contributed by atoms with van der Waals surface area (Å²) in [4.78, 5) is 12.9. The molecule has 3 N–H and O–H groups in total. The van der Waals surface area contributed by atoms with Crippen molar-refractivity contribution in [1.82, 2.24) is 5.32 Å². The van der Waals surface area contributed by atoms with Gasteiger partial charge in [-0.3, -0.25) is 4.79 Å². The van der Waals surface area contributed by atoms with E-state index in [2.05, 4.69) is 17.4 Å². The minimum Gasteiger partial charge on any atom is -0.351 e. The summed E-state index contributed by atoms with van der Waals surface area (Å²) in [6.45, 7) is 2.57. The number of carbonyl (C=O) groups is 1. The van der Waals surface area contributed by atoms with E-state index in [1.165, 1.54) is 19.5 Å². The zero-order valence-electron chi connectivity index (χ0n) is 11.2. The Labute approximate surface area is 125 Å². The van der Waals surface area contributed by atoms with Gasteiger partial charge in [0.05, 0.1) is 9.58 Å². The Morgan fingerprint density at radius 1 is 1.30 bits per heavy atom. The average molecular weight is 304 g/mol. The molecule has 0 aliphatic rings. The Bertz CT molecular complexity index is 758. The molecule has 0 spiro atoms. The van der Waals surface area contributed by atoms with Crippen molar-refractivity contribution in [2.24, 2.45) is 5.73 Å². The van der Waals surface area contributed by atoms with Crippen LogP contribution < -0.4 is 11.1 Å². The van der Waals surface area contributed by atoms with E-state index in [0.29, 0.717) is 6.54 Å². The standard InChI is InChI=1S/C15H16N2OS2/c1-9(16)6-7-17-15(18)13-8-12-14(20-13)10-4-2-3-5-11(10)19-12/h2-5,8-9H,6-7,16H2,1H3,(H,17,18). The summed E-state index contributed by atoms with van der Waals surface area (Å²) in [5, 5.41) is 4.17. The van der Waals surface area contributed by atoms with Gasteiger partial charge in [-0.25, -0.2) is 0 Å². The van der Waals surface area contributed by atoms with Crippen LogP contribution in [-0.4, -0.2) is 18.5 Å². The Kier molecular flexibility index (Phi) is 3.74. The highest BCUT2D eigenvalue weighted by atomic mass is 32.1. The second kappa shape index (κ2) is 5.52. The number of rotatable bonds is 4. The van der Waals surface area contributed by atoms with E-state index >= 15 is 0 Å². The molecule has 0 saturated heterocycles. The molecular weight excluding hydrogens is 288 g/mol. The number of thiophene rings is 2. The van der Waals surface area contributed by atoms with Crippen molar-refractivity contribution in [3.05, 3.63) is 35.2 Å². The lowest BCUT2D eigenvalue weighted by atomic mass is 10.2. The van der Waals surface area contributed by atoms with Crippen molar-refractivity contribution in [1.29, 1.82) is 0 Å². The topological polar surface area (TPSA) is 55.1 Å². The Morgan fingerprint density at radius 3 is 2.90 bits per heavy atom. The lowest BCUT2D eigenvalue weighted by molar-refractivity contribution is 0.0957. The number of nitrogens with two attached hydrogens (primary N) is 1. The largest absolute Gasteiger partial charge is 0.351 e. The van der Waals surface area contributed by atoms with Crippen LogP contribution in [0.1, 0.15) is 23.0 Å². The maximum absolute atomic E-state index is 12.1.